The fourth-order valence-electron chi connectivity index (χ4n) is 1.09. The molecule has 2 aromatic rings. The molecule has 2 aromatic heterocycles. The van der Waals surface area contributed by atoms with Crippen LogP contribution in [0.25, 0.3) is 0 Å². The van der Waals surface area contributed by atoms with Gasteiger partial charge in [-0.15, -0.1) is 0 Å². The first-order chi connectivity index (χ1) is 8.13. The molecule has 2 heterocycles. The summed E-state index contributed by atoms with van der Waals surface area (Å²) >= 11 is 11.3. The first-order valence-electron chi connectivity index (χ1n) is 4.72. The molecule has 0 unspecified atom stereocenters. The van der Waals surface area contributed by atoms with Gasteiger partial charge >= 0.3 is 0 Å². The quantitative estimate of drug-likeness (QED) is 0.918. The largest absolute Gasteiger partial charge is 0.348 e. The van der Waals surface area contributed by atoms with Gasteiger partial charge in [0, 0.05) is 6.20 Å². The van der Waals surface area contributed by atoms with E-state index < -0.39 is 0 Å². The third-order valence-electron chi connectivity index (χ3n) is 1.84. The van der Waals surface area contributed by atoms with Crippen LogP contribution in [-0.4, -0.2) is 24.9 Å². The summed E-state index contributed by atoms with van der Waals surface area (Å²) in [5.41, 5.74) is 1.63. The number of nitrogens with zero attached hydrogens (tertiary/aromatic N) is 5. The minimum Gasteiger partial charge on any atom is -0.348 e. The van der Waals surface area contributed by atoms with E-state index in [0.717, 1.165) is 11.4 Å². The minimum absolute atomic E-state index is 0.0440. The second-order valence-electron chi connectivity index (χ2n) is 3.20. The van der Waals surface area contributed by atoms with E-state index in [9.17, 15) is 0 Å². The summed E-state index contributed by atoms with van der Waals surface area (Å²) in [6.07, 6.45) is 3.36. The number of aryl methyl sites for hydroxylation is 1. The van der Waals surface area contributed by atoms with Gasteiger partial charge in [-0.1, -0.05) is 0 Å². The van der Waals surface area contributed by atoms with E-state index in [2.05, 4.69) is 30.2 Å². The van der Waals surface area contributed by atoms with E-state index in [-0.39, 0.29) is 10.6 Å². The molecular weight excluding hydrogens is 263 g/mol. The van der Waals surface area contributed by atoms with E-state index in [1.807, 2.05) is 6.92 Å². The second kappa shape index (κ2) is 5.20. The van der Waals surface area contributed by atoms with Crippen LogP contribution < -0.4 is 5.32 Å². The maximum absolute atomic E-state index is 5.64. The Hall–Kier alpha value is -1.53. The molecule has 0 bridgehead atoms. The number of nitrogens with one attached hydrogen (secondary N) is 1. The van der Waals surface area contributed by atoms with Crippen LogP contribution in [0.1, 0.15) is 11.4 Å². The molecule has 0 aromatic carbocycles. The van der Waals surface area contributed by atoms with Crippen LogP contribution in [-0.2, 0) is 6.54 Å². The predicted octanol–water partition coefficient (Wildman–Crippen LogP) is 1.89. The van der Waals surface area contributed by atoms with Gasteiger partial charge in [-0.3, -0.25) is 9.97 Å². The summed E-state index contributed by atoms with van der Waals surface area (Å²) in [5, 5.41) is 3.02. The SMILES string of the molecule is Cc1cnc(CNc2nc(Cl)nc(Cl)n2)cn1. The molecule has 0 amide bonds. The van der Waals surface area contributed by atoms with E-state index >= 15 is 0 Å². The van der Waals surface area contributed by atoms with Crippen LogP contribution in [0.15, 0.2) is 12.4 Å². The Morgan fingerprint density at radius 3 is 2.35 bits per heavy atom. The van der Waals surface area contributed by atoms with Crippen molar-refractivity contribution in [2.75, 3.05) is 5.32 Å². The van der Waals surface area contributed by atoms with Crippen LogP contribution >= 0.6 is 23.2 Å². The van der Waals surface area contributed by atoms with Crippen LogP contribution in [0.3, 0.4) is 0 Å². The van der Waals surface area contributed by atoms with Crippen molar-refractivity contribution < 1.29 is 0 Å². The van der Waals surface area contributed by atoms with Crippen LogP contribution in [0.4, 0.5) is 5.95 Å². The molecule has 17 heavy (non-hydrogen) atoms. The first kappa shape index (κ1) is 11.9. The van der Waals surface area contributed by atoms with Crippen LogP contribution in [0.2, 0.25) is 10.6 Å². The van der Waals surface area contributed by atoms with E-state index in [1.165, 1.54) is 0 Å². The Morgan fingerprint density at radius 1 is 1.06 bits per heavy atom. The van der Waals surface area contributed by atoms with Crippen molar-refractivity contribution in [1.29, 1.82) is 0 Å². The molecule has 6 nitrogen and oxygen atoms in total. The number of aromatic nitrogens is 5. The number of halogens is 2. The summed E-state index contributed by atoms with van der Waals surface area (Å²) in [5.74, 6) is 0.303. The van der Waals surface area contributed by atoms with E-state index in [1.54, 1.807) is 12.4 Å². The molecule has 8 heteroatoms. The van der Waals surface area contributed by atoms with Gasteiger partial charge in [-0.25, -0.2) is 0 Å². The number of anilines is 1. The summed E-state index contributed by atoms with van der Waals surface area (Å²) in [4.78, 5) is 19.7. The zero-order valence-electron chi connectivity index (χ0n) is 8.85. The predicted molar refractivity (Wildman–Crippen MR) is 63.9 cm³/mol. The van der Waals surface area contributed by atoms with Gasteiger partial charge in [0.15, 0.2) is 0 Å². The van der Waals surface area contributed by atoms with Crippen molar-refractivity contribution in [3.8, 4) is 0 Å². The highest BCUT2D eigenvalue weighted by Crippen LogP contribution is 2.10. The Labute approximate surface area is 107 Å². The highest BCUT2D eigenvalue weighted by Gasteiger charge is 2.03. The topological polar surface area (TPSA) is 76.5 Å². The molecular formula is C9H8Cl2N6. The molecule has 0 saturated heterocycles. The first-order valence-corrected chi connectivity index (χ1v) is 5.47. The number of rotatable bonds is 3. The fraction of sp³-hybridized carbons (Fsp3) is 0.222. The Bertz CT molecular complexity index is 495. The minimum atomic E-state index is 0.0440. The lowest BCUT2D eigenvalue weighted by molar-refractivity contribution is 0.948. The van der Waals surface area contributed by atoms with Crippen molar-refractivity contribution >= 4 is 29.2 Å². The Kier molecular flexibility index (Phi) is 3.65. The van der Waals surface area contributed by atoms with Crippen LogP contribution in [0.5, 0.6) is 0 Å². The Morgan fingerprint density at radius 2 is 1.76 bits per heavy atom. The lowest BCUT2D eigenvalue weighted by Gasteiger charge is -2.04. The molecule has 0 radical (unpaired) electrons. The van der Waals surface area contributed by atoms with E-state index in [4.69, 9.17) is 23.2 Å². The van der Waals surface area contributed by atoms with E-state index in [0.29, 0.717) is 12.5 Å². The lowest BCUT2D eigenvalue weighted by Crippen LogP contribution is -2.06. The molecule has 0 aliphatic heterocycles. The summed E-state index contributed by atoms with van der Waals surface area (Å²) < 4.78 is 0. The maximum Gasteiger partial charge on any atom is 0.228 e. The van der Waals surface area contributed by atoms with Crippen LogP contribution in [0, 0.1) is 6.92 Å². The second-order valence-corrected chi connectivity index (χ2v) is 3.88. The molecule has 88 valence electrons. The van der Waals surface area contributed by atoms with Crippen molar-refractivity contribution in [2.24, 2.45) is 0 Å². The third-order valence-corrected chi connectivity index (χ3v) is 2.18. The van der Waals surface area contributed by atoms with Gasteiger partial charge in [0.05, 0.1) is 24.1 Å². The summed E-state index contributed by atoms with van der Waals surface area (Å²) in [6, 6.07) is 0. The Balaban J connectivity index is 2.04. The van der Waals surface area contributed by atoms with Gasteiger partial charge in [0.2, 0.25) is 16.5 Å². The van der Waals surface area contributed by atoms with Gasteiger partial charge < -0.3 is 5.32 Å². The normalized spacial score (nSPS) is 10.3. The molecule has 0 atom stereocenters. The number of hydrogen-bond acceptors (Lipinski definition) is 6. The molecule has 0 aliphatic rings. The fourth-order valence-corrected chi connectivity index (χ4v) is 1.45. The maximum atomic E-state index is 5.64. The monoisotopic (exact) mass is 270 g/mol. The van der Waals surface area contributed by atoms with Crippen molar-refractivity contribution in [3.05, 3.63) is 34.3 Å². The smallest absolute Gasteiger partial charge is 0.228 e. The molecule has 0 aliphatic carbocycles. The summed E-state index contributed by atoms with van der Waals surface area (Å²) in [7, 11) is 0. The average Bonchev–Trinajstić information content (AvgIpc) is 2.27. The highest BCUT2D eigenvalue weighted by molar-refractivity contribution is 6.31. The summed E-state index contributed by atoms with van der Waals surface area (Å²) in [6.45, 7) is 2.31. The highest BCUT2D eigenvalue weighted by atomic mass is 35.5. The lowest BCUT2D eigenvalue weighted by atomic mass is 10.4. The van der Waals surface area contributed by atoms with Gasteiger partial charge in [0.1, 0.15) is 0 Å². The average molecular weight is 271 g/mol. The van der Waals surface area contributed by atoms with Crippen molar-refractivity contribution in [1.82, 2.24) is 24.9 Å². The van der Waals surface area contributed by atoms with Gasteiger partial charge in [0.25, 0.3) is 0 Å². The number of hydrogen-bond donors (Lipinski definition) is 1. The standard InChI is InChI=1S/C9H8Cl2N6/c1-5-2-13-6(3-12-5)4-14-9-16-7(10)15-8(11)17-9/h2-3H,4H2,1H3,(H,14,15,16,17). The molecule has 0 fully saturated rings. The zero-order valence-corrected chi connectivity index (χ0v) is 10.4. The molecule has 0 saturated carbocycles. The molecule has 0 spiro atoms. The van der Waals surface area contributed by atoms with Gasteiger partial charge in [-0.2, -0.15) is 15.0 Å². The third kappa shape index (κ3) is 3.47. The van der Waals surface area contributed by atoms with Crippen molar-refractivity contribution in [3.63, 3.8) is 0 Å². The molecule has 2 rings (SSSR count). The zero-order chi connectivity index (χ0) is 12.3. The molecule has 1 N–H and O–H groups in total. The van der Waals surface area contributed by atoms with Crippen molar-refractivity contribution in [2.45, 2.75) is 13.5 Å². The van der Waals surface area contributed by atoms with Gasteiger partial charge in [-0.05, 0) is 30.1 Å².